The molecule has 1 saturated heterocycles. The van der Waals surface area contributed by atoms with E-state index in [2.05, 4.69) is 20.3 Å². The first-order valence-corrected chi connectivity index (χ1v) is 5.34. The Kier molecular flexibility index (Phi) is 2.82. The molecule has 1 fully saturated rings. The molecule has 0 saturated carbocycles. The molecule has 76 valence electrons. The first-order valence-electron chi connectivity index (χ1n) is 4.76. The minimum absolute atomic E-state index is 0.363. The second kappa shape index (κ2) is 3.93. The van der Waals surface area contributed by atoms with E-state index in [1.165, 1.54) is 10.9 Å². The van der Waals surface area contributed by atoms with Crippen LogP contribution < -0.4 is 5.30 Å². The lowest BCUT2D eigenvalue weighted by Crippen LogP contribution is -2.17. The topological polar surface area (TPSA) is 25.4 Å². The zero-order valence-electron chi connectivity index (χ0n) is 8.53. The zero-order chi connectivity index (χ0) is 10.1. The maximum Gasteiger partial charge on any atom is 0.0704 e. The summed E-state index contributed by atoms with van der Waals surface area (Å²) in [4.78, 5) is 9.74. The average Bonchev–Trinajstić information content (AvgIpc) is 2.57. The van der Waals surface area contributed by atoms with Crippen molar-refractivity contribution in [3.05, 3.63) is 23.5 Å². The quantitative estimate of drug-likeness (QED) is 0.651. The minimum atomic E-state index is 0.363. The van der Waals surface area contributed by atoms with E-state index in [0.717, 1.165) is 18.7 Å². The summed E-state index contributed by atoms with van der Waals surface area (Å²) in [5.41, 5.74) is 2.31. The van der Waals surface area contributed by atoms with Crippen LogP contribution in [-0.2, 0) is 4.84 Å². The van der Waals surface area contributed by atoms with Crippen LogP contribution in [-0.4, -0.2) is 23.7 Å². The molecule has 2 rings (SSSR count). The number of aryl methyl sites for hydroxylation is 1. The minimum Gasteiger partial charge on any atom is -0.299 e. The highest BCUT2D eigenvalue weighted by Crippen LogP contribution is 2.27. The molecule has 0 N–H and O–H groups in total. The van der Waals surface area contributed by atoms with Crippen molar-refractivity contribution in [2.75, 3.05) is 13.7 Å². The summed E-state index contributed by atoms with van der Waals surface area (Å²) in [7, 11) is 4.69. The second-order valence-corrected chi connectivity index (χ2v) is 4.25. The van der Waals surface area contributed by atoms with Gasteiger partial charge in [-0.05, 0) is 30.3 Å². The molecule has 3 nitrogen and oxygen atoms in total. The molecule has 1 aliphatic heterocycles. The average molecular weight is 210 g/mol. The summed E-state index contributed by atoms with van der Waals surface area (Å²) in [5.74, 6) is 0. The Morgan fingerprint density at radius 1 is 1.64 bits per heavy atom. The number of hydrogen-bond donors (Lipinski definition) is 0. The highest BCUT2D eigenvalue weighted by molar-refractivity contribution is 7.27. The van der Waals surface area contributed by atoms with Gasteiger partial charge >= 0.3 is 0 Å². The molecule has 0 amide bonds. The molecule has 0 spiro atoms. The van der Waals surface area contributed by atoms with E-state index in [1.54, 1.807) is 0 Å². The van der Waals surface area contributed by atoms with Gasteiger partial charge in [-0.25, -0.2) is 0 Å². The predicted molar refractivity (Wildman–Crippen MR) is 59.4 cm³/mol. The fraction of sp³-hybridized carbons (Fsp3) is 0.500. The Bertz CT molecular complexity index is 343. The van der Waals surface area contributed by atoms with Crippen LogP contribution in [0.2, 0.25) is 0 Å². The summed E-state index contributed by atoms with van der Waals surface area (Å²) in [6, 6.07) is 2.53. The third-order valence-electron chi connectivity index (χ3n) is 2.66. The van der Waals surface area contributed by atoms with E-state index < -0.39 is 0 Å². The summed E-state index contributed by atoms with van der Waals surface area (Å²) in [5, 5.41) is 3.08. The van der Waals surface area contributed by atoms with Gasteiger partial charge < -0.3 is 0 Å². The Labute approximate surface area is 86.6 Å². The monoisotopic (exact) mass is 210 g/mol. The van der Waals surface area contributed by atoms with E-state index in [9.17, 15) is 0 Å². The van der Waals surface area contributed by atoms with Crippen LogP contribution in [0.5, 0.6) is 0 Å². The summed E-state index contributed by atoms with van der Waals surface area (Å²) in [6.07, 6.45) is 2.99. The zero-order valence-corrected chi connectivity index (χ0v) is 9.68. The molecule has 1 aromatic heterocycles. The summed E-state index contributed by atoms with van der Waals surface area (Å²) in [6.45, 7) is 2.82. The van der Waals surface area contributed by atoms with Crippen molar-refractivity contribution in [3.63, 3.8) is 0 Å². The van der Waals surface area contributed by atoms with Gasteiger partial charge in [0.05, 0.1) is 12.6 Å². The maximum absolute atomic E-state index is 5.39. The van der Waals surface area contributed by atoms with Crippen LogP contribution in [0.25, 0.3) is 0 Å². The van der Waals surface area contributed by atoms with Gasteiger partial charge in [-0.2, -0.15) is 5.06 Å². The number of pyridine rings is 1. The van der Waals surface area contributed by atoms with E-state index >= 15 is 0 Å². The lowest BCUT2D eigenvalue weighted by molar-refractivity contribution is -0.110. The van der Waals surface area contributed by atoms with Gasteiger partial charge in [0.1, 0.15) is 0 Å². The van der Waals surface area contributed by atoms with Crippen LogP contribution >= 0.6 is 9.24 Å². The lowest BCUT2D eigenvalue weighted by Gasteiger charge is -2.17. The van der Waals surface area contributed by atoms with Crippen molar-refractivity contribution in [2.45, 2.75) is 19.4 Å². The van der Waals surface area contributed by atoms with E-state index in [0.29, 0.717) is 6.04 Å². The first-order chi connectivity index (χ1) is 6.68. The fourth-order valence-electron chi connectivity index (χ4n) is 1.71. The van der Waals surface area contributed by atoms with Crippen LogP contribution in [0.15, 0.2) is 12.3 Å². The van der Waals surface area contributed by atoms with Crippen LogP contribution in [0, 0.1) is 6.92 Å². The van der Waals surface area contributed by atoms with Gasteiger partial charge in [0.2, 0.25) is 0 Å². The van der Waals surface area contributed by atoms with E-state index in [-0.39, 0.29) is 0 Å². The highest BCUT2D eigenvalue weighted by Gasteiger charge is 2.24. The molecular formula is C10H15N2OP. The van der Waals surface area contributed by atoms with Crippen LogP contribution in [0.3, 0.4) is 0 Å². The Balaban J connectivity index is 2.28. The van der Waals surface area contributed by atoms with Gasteiger partial charge in [-0.3, -0.25) is 9.82 Å². The standard InChI is InChI=1S/C10H15N2OP/c1-7-10(14)5-8(6-11-7)9-3-4-13-12(9)2/h5-6,9H,3-4,14H2,1-2H3/t9-/m0/s1. The van der Waals surface area contributed by atoms with Crippen molar-refractivity contribution in [1.29, 1.82) is 0 Å². The number of hydrogen-bond acceptors (Lipinski definition) is 3. The lowest BCUT2D eigenvalue weighted by atomic mass is 10.1. The normalized spacial score (nSPS) is 22.9. The molecule has 14 heavy (non-hydrogen) atoms. The van der Waals surface area contributed by atoms with Crippen molar-refractivity contribution in [3.8, 4) is 0 Å². The van der Waals surface area contributed by atoms with Crippen molar-refractivity contribution < 1.29 is 4.84 Å². The van der Waals surface area contributed by atoms with Gasteiger partial charge in [0, 0.05) is 18.9 Å². The molecular weight excluding hydrogens is 195 g/mol. The smallest absolute Gasteiger partial charge is 0.0704 e. The number of aromatic nitrogens is 1. The van der Waals surface area contributed by atoms with Crippen LogP contribution in [0.1, 0.15) is 23.7 Å². The van der Waals surface area contributed by atoms with Gasteiger partial charge in [-0.1, -0.05) is 0 Å². The number of hydroxylamine groups is 2. The van der Waals surface area contributed by atoms with Gasteiger partial charge in [-0.15, -0.1) is 9.24 Å². The molecule has 0 radical (unpaired) electrons. The molecule has 1 unspecified atom stereocenters. The molecule has 1 aliphatic rings. The van der Waals surface area contributed by atoms with E-state index in [1.807, 2.05) is 25.2 Å². The largest absolute Gasteiger partial charge is 0.299 e. The molecule has 0 bridgehead atoms. The summed E-state index contributed by atoms with van der Waals surface area (Å²) >= 11 is 0. The Morgan fingerprint density at radius 3 is 3.00 bits per heavy atom. The molecule has 2 heterocycles. The van der Waals surface area contributed by atoms with Crippen molar-refractivity contribution >= 4 is 14.5 Å². The molecule has 0 aliphatic carbocycles. The van der Waals surface area contributed by atoms with E-state index in [4.69, 9.17) is 4.84 Å². The fourth-order valence-corrected chi connectivity index (χ4v) is 1.97. The molecule has 0 aromatic carbocycles. The summed E-state index contributed by atoms with van der Waals surface area (Å²) < 4.78 is 0. The Hall–Kier alpha value is -0.500. The highest BCUT2D eigenvalue weighted by atomic mass is 31.0. The van der Waals surface area contributed by atoms with Crippen molar-refractivity contribution in [2.24, 2.45) is 0 Å². The van der Waals surface area contributed by atoms with Gasteiger partial charge in [0.25, 0.3) is 0 Å². The first kappa shape index (κ1) is 10.0. The molecule has 4 heteroatoms. The van der Waals surface area contributed by atoms with Crippen molar-refractivity contribution in [1.82, 2.24) is 10.0 Å². The SMILES string of the molecule is Cc1ncc([C@@H]2CCON2C)cc1P. The molecule has 2 atom stereocenters. The predicted octanol–water partition coefficient (Wildman–Crippen LogP) is 1.20. The van der Waals surface area contributed by atoms with Crippen LogP contribution in [0.4, 0.5) is 0 Å². The van der Waals surface area contributed by atoms with Gasteiger partial charge in [0.15, 0.2) is 0 Å². The molecule has 1 aromatic rings. The number of nitrogens with zero attached hydrogens (tertiary/aromatic N) is 2. The number of rotatable bonds is 1. The third kappa shape index (κ3) is 1.81. The Morgan fingerprint density at radius 2 is 2.43 bits per heavy atom. The maximum atomic E-state index is 5.39. The third-order valence-corrected chi connectivity index (χ3v) is 3.24. The second-order valence-electron chi connectivity index (χ2n) is 3.63.